The van der Waals surface area contributed by atoms with E-state index < -0.39 is 0 Å². The van der Waals surface area contributed by atoms with Crippen molar-refractivity contribution in [1.82, 2.24) is 9.88 Å². The molecule has 0 bridgehead atoms. The molecule has 5 nitrogen and oxygen atoms in total. The molecular formula is C16H19N3O2. The number of nitrogens with one attached hydrogen (secondary N) is 1. The molecule has 0 spiro atoms. The van der Waals surface area contributed by atoms with Crippen molar-refractivity contribution in [3.05, 3.63) is 24.4 Å². The summed E-state index contributed by atoms with van der Waals surface area (Å²) >= 11 is 0. The van der Waals surface area contributed by atoms with Gasteiger partial charge in [0.25, 0.3) is 0 Å². The van der Waals surface area contributed by atoms with Crippen LogP contribution in [0.5, 0.6) is 11.5 Å². The maximum Gasteiger partial charge on any atom is 0.231 e. The quantitative estimate of drug-likeness (QED) is 0.935. The third-order valence-electron chi connectivity index (χ3n) is 4.18. The van der Waals surface area contributed by atoms with Crippen molar-refractivity contribution in [3.63, 3.8) is 0 Å². The Morgan fingerprint density at radius 2 is 1.95 bits per heavy atom. The van der Waals surface area contributed by atoms with Crippen LogP contribution in [0.25, 0.3) is 10.8 Å². The molecule has 0 saturated carbocycles. The van der Waals surface area contributed by atoms with Crippen LogP contribution in [0.4, 0.5) is 5.82 Å². The van der Waals surface area contributed by atoms with E-state index in [9.17, 15) is 0 Å². The lowest BCUT2D eigenvalue weighted by molar-refractivity contribution is 0.174. The summed E-state index contributed by atoms with van der Waals surface area (Å²) in [7, 11) is 0. The summed E-state index contributed by atoms with van der Waals surface area (Å²) in [5, 5.41) is 5.67. The fourth-order valence-corrected chi connectivity index (χ4v) is 3.04. The normalized spacial score (nSPS) is 17.5. The lowest BCUT2D eigenvalue weighted by Gasteiger charge is -2.15. The largest absolute Gasteiger partial charge is 0.454 e. The Morgan fingerprint density at radius 3 is 2.81 bits per heavy atom. The highest BCUT2D eigenvalue weighted by atomic mass is 16.7. The van der Waals surface area contributed by atoms with Gasteiger partial charge in [0.15, 0.2) is 11.5 Å². The molecule has 0 unspecified atom stereocenters. The number of likely N-dealkylation sites (tertiary alicyclic amines) is 1. The highest BCUT2D eigenvalue weighted by molar-refractivity contribution is 5.94. The molecule has 0 radical (unpaired) electrons. The molecule has 1 fully saturated rings. The first-order chi connectivity index (χ1) is 10.4. The van der Waals surface area contributed by atoms with Crippen molar-refractivity contribution < 1.29 is 9.47 Å². The SMILES string of the molecule is c1cc2cc3c(cc2c(NCCN2CCCC2)n1)OCO3. The minimum atomic E-state index is 0.302. The Hall–Kier alpha value is -2.01. The van der Waals surface area contributed by atoms with Gasteiger partial charge in [-0.15, -0.1) is 0 Å². The van der Waals surface area contributed by atoms with E-state index >= 15 is 0 Å². The van der Waals surface area contributed by atoms with E-state index in [0.717, 1.165) is 41.2 Å². The summed E-state index contributed by atoms with van der Waals surface area (Å²) in [5.41, 5.74) is 0. The van der Waals surface area contributed by atoms with Gasteiger partial charge in [0, 0.05) is 24.7 Å². The van der Waals surface area contributed by atoms with Crippen molar-refractivity contribution in [1.29, 1.82) is 0 Å². The summed E-state index contributed by atoms with van der Waals surface area (Å²) in [5.74, 6) is 2.54. The van der Waals surface area contributed by atoms with E-state index in [-0.39, 0.29) is 0 Å². The molecular weight excluding hydrogens is 266 g/mol. The predicted octanol–water partition coefficient (Wildman–Crippen LogP) is 2.47. The van der Waals surface area contributed by atoms with Crippen LogP contribution in [-0.4, -0.2) is 42.9 Å². The Balaban J connectivity index is 1.53. The molecule has 1 aromatic heterocycles. The summed E-state index contributed by atoms with van der Waals surface area (Å²) in [6, 6.07) is 6.04. The first-order valence-corrected chi connectivity index (χ1v) is 7.55. The van der Waals surface area contributed by atoms with Gasteiger partial charge in [0.2, 0.25) is 6.79 Å². The topological polar surface area (TPSA) is 46.6 Å². The maximum atomic E-state index is 5.46. The zero-order valence-electron chi connectivity index (χ0n) is 12.0. The van der Waals surface area contributed by atoms with Gasteiger partial charge >= 0.3 is 0 Å². The molecule has 5 heteroatoms. The van der Waals surface area contributed by atoms with Crippen molar-refractivity contribution in [2.24, 2.45) is 0 Å². The highest BCUT2D eigenvalue weighted by Crippen LogP contribution is 2.37. The van der Waals surface area contributed by atoms with Crippen LogP contribution >= 0.6 is 0 Å². The highest BCUT2D eigenvalue weighted by Gasteiger charge is 2.16. The molecule has 0 aliphatic carbocycles. The van der Waals surface area contributed by atoms with Gasteiger partial charge in [0.1, 0.15) is 5.82 Å². The first-order valence-electron chi connectivity index (χ1n) is 7.55. The molecule has 3 heterocycles. The number of ether oxygens (including phenoxy) is 2. The van der Waals surface area contributed by atoms with Crippen LogP contribution in [0.3, 0.4) is 0 Å². The molecule has 110 valence electrons. The monoisotopic (exact) mass is 285 g/mol. The molecule has 1 N–H and O–H groups in total. The minimum Gasteiger partial charge on any atom is -0.454 e. The Kier molecular flexibility index (Phi) is 3.27. The molecule has 4 rings (SSSR count). The summed E-state index contributed by atoms with van der Waals surface area (Å²) in [6.45, 7) is 4.74. The lowest BCUT2D eigenvalue weighted by Crippen LogP contribution is -2.26. The molecule has 0 atom stereocenters. The second-order valence-electron chi connectivity index (χ2n) is 5.56. The fourth-order valence-electron chi connectivity index (χ4n) is 3.04. The first kappa shape index (κ1) is 12.7. The zero-order valence-corrected chi connectivity index (χ0v) is 12.0. The Morgan fingerprint density at radius 1 is 1.14 bits per heavy atom. The third kappa shape index (κ3) is 2.49. The number of pyridine rings is 1. The number of aromatic nitrogens is 1. The zero-order chi connectivity index (χ0) is 14.1. The van der Waals surface area contributed by atoms with E-state index in [1.807, 2.05) is 24.4 Å². The van der Waals surface area contributed by atoms with Gasteiger partial charge in [-0.25, -0.2) is 4.98 Å². The van der Waals surface area contributed by atoms with Gasteiger partial charge < -0.3 is 19.7 Å². The maximum absolute atomic E-state index is 5.46. The van der Waals surface area contributed by atoms with E-state index in [1.165, 1.54) is 25.9 Å². The van der Waals surface area contributed by atoms with Crippen LogP contribution in [0.15, 0.2) is 24.4 Å². The molecule has 21 heavy (non-hydrogen) atoms. The molecule has 2 aliphatic rings. The van der Waals surface area contributed by atoms with Gasteiger partial charge in [0.05, 0.1) is 0 Å². The van der Waals surface area contributed by atoms with Crippen LogP contribution in [0.2, 0.25) is 0 Å². The van der Waals surface area contributed by atoms with Gasteiger partial charge in [-0.2, -0.15) is 0 Å². The minimum absolute atomic E-state index is 0.302. The number of benzene rings is 1. The smallest absolute Gasteiger partial charge is 0.231 e. The lowest BCUT2D eigenvalue weighted by atomic mass is 10.1. The number of nitrogens with zero attached hydrogens (tertiary/aromatic N) is 2. The second kappa shape index (κ2) is 5.41. The number of hydrogen-bond donors (Lipinski definition) is 1. The molecule has 1 aromatic carbocycles. The van der Waals surface area contributed by atoms with Crippen LogP contribution in [0, 0.1) is 0 Å². The van der Waals surface area contributed by atoms with Crippen molar-refractivity contribution in [2.75, 3.05) is 38.3 Å². The van der Waals surface area contributed by atoms with Crippen molar-refractivity contribution in [3.8, 4) is 11.5 Å². The molecule has 0 amide bonds. The van der Waals surface area contributed by atoms with E-state index in [2.05, 4.69) is 15.2 Å². The van der Waals surface area contributed by atoms with E-state index in [1.54, 1.807) is 0 Å². The van der Waals surface area contributed by atoms with Crippen LogP contribution in [0.1, 0.15) is 12.8 Å². The van der Waals surface area contributed by atoms with E-state index in [4.69, 9.17) is 9.47 Å². The van der Waals surface area contributed by atoms with Crippen LogP contribution in [-0.2, 0) is 0 Å². The van der Waals surface area contributed by atoms with E-state index in [0.29, 0.717) is 6.79 Å². The summed E-state index contributed by atoms with van der Waals surface area (Å²) in [6.07, 6.45) is 4.49. The van der Waals surface area contributed by atoms with Crippen LogP contribution < -0.4 is 14.8 Å². The van der Waals surface area contributed by atoms with Crippen molar-refractivity contribution >= 4 is 16.6 Å². The number of rotatable bonds is 4. The fraction of sp³-hybridized carbons (Fsp3) is 0.438. The Labute approximate surface area is 123 Å². The Bertz CT molecular complexity index is 653. The predicted molar refractivity (Wildman–Crippen MR) is 82.0 cm³/mol. The van der Waals surface area contributed by atoms with Gasteiger partial charge in [-0.05, 0) is 49.5 Å². The number of anilines is 1. The van der Waals surface area contributed by atoms with Gasteiger partial charge in [-0.1, -0.05) is 0 Å². The van der Waals surface area contributed by atoms with Gasteiger partial charge in [-0.3, -0.25) is 0 Å². The number of hydrogen-bond acceptors (Lipinski definition) is 5. The second-order valence-corrected chi connectivity index (χ2v) is 5.56. The standard InChI is InChI=1S/C16H19N3O2/c1-2-7-19(6-1)8-5-18-16-13-10-15-14(20-11-21-15)9-12(13)3-4-17-16/h3-4,9-10H,1-2,5-8,11H2,(H,17,18). The molecule has 2 aromatic rings. The number of fused-ring (bicyclic) bond motifs is 2. The summed E-state index contributed by atoms with van der Waals surface area (Å²) in [4.78, 5) is 6.96. The van der Waals surface area contributed by atoms with Crippen molar-refractivity contribution in [2.45, 2.75) is 12.8 Å². The molecule has 2 aliphatic heterocycles. The average Bonchev–Trinajstić information content (AvgIpc) is 3.16. The summed E-state index contributed by atoms with van der Waals surface area (Å²) < 4.78 is 10.9. The average molecular weight is 285 g/mol. The third-order valence-corrected chi connectivity index (χ3v) is 4.18. The molecule has 1 saturated heterocycles.